The van der Waals surface area contributed by atoms with Crippen molar-refractivity contribution in [2.45, 2.75) is 13.0 Å². The number of carbonyl (C=O) groups excluding carboxylic acids is 1. The number of rotatable bonds is 6. The number of amides is 1. The predicted molar refractivity (Wildman–Crippen MR) is 91.5 cm³/mol. The van der Waals surface area contributed by atoms with Crippen LogP contribution in [0.15, 0.2) is 48.5 Å². The zero-order valence-electron chi connectivity index (χ0n) is 13.9. The van der Waals surface area contributed by atoms with E-state index in [4.69, 9.17) is 9.47 Å². The average Bonchev–Trinajstić information content (AvgIpc) is 2.60. The van der Waals surface area contributed by atoms with Crippen LogP contribution < -0.4 is 14.8 Å². The van der Waals surface area contributed by atoms with Crippen LogP contribution in [0.3, 0.4) is 0 Å². The molecule has 0 aliphatic heterocycles. The maximum absolute atomic E-state index is 12.8. The van der Waals surface area contributed by atoms with E-state index >= 15 is 0 Å². The SMILES string of the molecule is COc1ccc([C@@H](C)NC(=O)/C=C/c2ccc(F)cc2)cc1OC. The summed E-state index contributed by atoms with van der Waals surface area (Å²) in [5.74, 6) is 0.703. The highest BCUT2D eigenvalue weighted by Gasteiger charge is 2.11. The first-order valence-electron chi connectivity index (χ1n) is 7.49. The van der Waals surface area contributed by atoms with Gasteiger partial charge in [-0.25, -0.2) is 4.39 Å². The maximum atomic E-state index is 12.8. The van der Waals surface area contributed by atoms with Crippen LogP contribution in [-0.4, -0.2) is 20.1 Å². The number of methoxy groups -OCH3 is 2. The lowest BCUT2D eigenvalue weighted by Gasteiger charge is -2.15. The van der Waals surface area contributed by atoms with E-state index in [0.717, 1.165) is 11.1 Å². The number of halogens is 1. The first kappa shape index (κ1) is 17.5. The Morgan fingerprint density at radius 3 is 2.38 bits per heavy atom. The van der Waals surface area contributed by atoms with Gasteiger partial charge in [0.15, 0.2) is 11.5 Å². The topological polar surface area (TPSA) is 47.6 Å². The van der Waals surface area contributed by atoms with Crippen molar-refractivity contribution < 1.29 is 18.7 Å². The predicted octanol–water partition coefficient (Wildman–Crippen LogP) is 3.73. The molecule has 0 saturated heterocycles. The standard InChI is InChI=1S/C19H20FNO3/c1-13(15-7-10-17(23-2)18(12-15)24-3)21-19(22)11-6-14-4-8-16(20)9-5-14/h4-13H,1-3H3,(H,21,22)/b11-6+/t13-/m1/s1. The monoisotopic (exact) mass is 329 g/mol. The largest absolute Gasteiger partial charge is 0.493 e. The van der Waals surface area contributed by atoms with Gasteiger partial charge in [0.05, 0.1) is 20.3 Å². The summed E-state index contributed by atoms with van der Waals surface area (Å²) in [5, 5.41) is 2.87. The maximum Gasteiger partial charge on any atom is 0.244 e. The van der Waals surface area contributed by atoms with Crippen molar-refractivity contribution >= 4 is 12.0 Å². The van der Waals surface area contributed by atoms with Gasteiger partial charge >= 0.3 is 0 Å². The molecule has 2 aromatic carbocycles. The van der Waals surface area contributed by atoms with Gasteiger partial charge in [0.2, 0.25) is 5.91 Å². The van der Waals surface area contributed by atoms with Crippen molar-refractivity contribution in [1.82, 2.24) is 5.32 Å². The molecule has 0 aromatic heterocycles. The molecule has 1 N–H and O–H groups in total. The van der Waals surface area contributed by atoms with Gasteiger partial charge in [-0.05, 0) is 48.4 Å². The fraction of sp³-hybridized carbons (Fsp3) is 0.211. The summed E-state index contributed by atoms with van der Waals surface area (Å²) in [6.07, 6.45) is 3.06. The Kier molecular flexibility index (Phi) is 5.95. The second-order valence-corrected chi connectivity index (χ2v) is 5.23. The van der Waals surface area contributed by atoms with Crippen LogP contribution in [0.4, 0.5) is 4.39 Å². The summed E-state index contributed by atoms with van der Waals surface area (Å²) < 4.78 is 23.3. The average molecular weight is 329 g/mol. The molecule has 0 spiro atoms. The molecule has 0 bridgehead atoms. The van der Waals surface area contributed by atoms with Gasteiger partial charge in [0.1, 0.15) is 5.82 Å². The number of hydrogen-bond donors (Lipinski definition) is 1. The summed E-state index contributed by atoms with van der Waals surface area (Å²) in [4.78, 5) is 12.0. The van der Waals surface area contributed by atoms with Crippen LogP contribution in [0.5, 0.6) is 11.5 Å². The van der Waals surface area contributed by atoms with Gasteiger partial charge in [-0.3, -0.25) is 4.79 Å². The molecule has 2 aromatic rings. The second-order valence-electron chi connectivity index (χ2n) is 5.23. The summed E-state index contributed by atoms with van der Waals surface area (Å²) in [6, 6.07) is 11.2. The van der Waals surface area contributed by atoms with E-state index in [-0.39, 0.29) is 17.8 Å². The highest BCUT2D eigenvalue weighted by Crippen LogP contribution is 2.29. The van der Waals surface area contributed by atoms with Gasteiger partial charge < -0.3 is 14.8 Å². The molecule has 24 heavy (non-hydrogen) atoms. The van der Waals surface area contributed by atoms with E-state index in [1.165, 1.54) is 18.2 Å². The van der Waals surface area contributed by atoms with Gasteiger partial charge in [-0.1, -0.05) is 18.2 Å². The highest BCUT2D eigenvalue weighted by molar-refractivity contribution is 5.91. The minimum Gasteiger partial charge on any atom is -0.493 e. The summed E-state index contributed by atoms with van der Waals surface area (Å²) in [7, 11) is 3.14. The fourth-order valence-electron chi connectivity index (χ4n) is 2.21. The highest BCUT2D eigenvalue weighted by atomic mass is 19.1. The number of nitrogens with one attached hydrogen (secondary N) is 1. The minimum atomic E-state index is -0.307. The van der Waals surface area contributed by atoms with E-state index in [0.29, 0.717) is 11.5 Å². The van der Waals surface area contributed by atoms with Crippen LogP contribution in [0, 0.1) is 5.82 Å². The lowest BCUT2D eigenvalue weighted by Crippen LogP contribution is -2.24. The minimum absolute atomic E-state index is 0.199. The summed E-state index contributed by atoms with van der Waals surface area (Å²) in [5.41, 5.74) is 1.65. The normalized spacial score (nSPS) is 12.0. The third kappa shape index (κ3) is 4.59. The van der Waals surface area contributed by atoms with Crippen LogP contribution in [0.2, 0.25) is 0 Å². The van der Waals surface area contributed by atoms with Crippen molar-refractivity contribution in [3.8, 4) is 11.5 Å². The van der Waals surface area contributed by atoms with Crippen molar-refractivity contribution in [1.29, 1.82) is 0 Å². The number of ether oxygens (including phenoxy) is 2. The van der Waals surface area contributed by atoms with E-state index in [2.05, 4.69) is 5.32 Å². The molecule has 0 unspecified atom stereocenters. The molecule has 5 heteroatoms. The third-order valence-corrected chi connectivity index (χ3v) is 3.56. The summed E-state index contributed by atoms with van der Waals surface area (Å²) in [6.45, 7) is 1.88. The van der Waals surface area contributed by atoms with E-state index in [1.807, 2.05) is 19.1 Å². The molecule has 0 aliphatic carbocycles. The molecule has 0 aliphatic rings. The van der Waals surface area contributed by atoms with E-state index in [9.17, 15) is 9.18 Å². The van der Waals surface area contributed by atoms with Gasteiger partial charge in [0.25, 0.3) is 0 Å². The van der Waals surface area contributed by atoms with Gasteiger partial charge in [-0.2, -0.15) is 0 Å². The molecule has 0 fully saturated rings. The lowest BCUT2D eigenvalue weighted by molar-refractivity contribution is -0.117. The first-order valence-corrected chi connectivity index (χ1v) is 7.49. The van der Waals surface area contributed by atoms with Crippen molar-refractivity contribution in [2.75, 3.05) is 14.2 Å². The molecule has 1 amide bonds. The van der Waals surface area contributed by atoms with E-state index < -0.39 is 0 Å². The van der Waals surface area contributed by atoms with Gasteiger partial charge in [0, 0.05) is 6.08 Å². The first-order chi connectivity index (χ1) is 11.5. The zero-order valence-corrected chi connectivity index (χ0v) is 13.9. The Labute approximate surface area is 140 Å². The Morgan fingerprint density at radius 1 is 1.08 bits per heavy atom. The molecular formula is C19H20FNO3. The fourth-order valence-corrected chi connectivity index (χ4v) is 2.21. The molecule has 1 atom stereocenters. The van der Waals surface area contributed by atoms with E-state index in [1.54, 1.807) is 38.5 Å². The van der Waals surface area contributed by atoms with Crippen molar-refractivity contribution in [3.05, 3.63) is 65.5 Å². The van der Waals surface area contributed by atoms with Crippen LogP contribution in [0.25, 0.3) is 6.08 Å². The number of benzene rings is 2. The molecular weight excluding hydrogens is 309 g/mol. The number of carbonyl (C=O) groups is 1. The molecule has 4 nitrogen and oxygen atoms in total. The summed E-state index contributed by atoms with van der Waals surface area (Å²) >= 11 is 0. The molecule has 0 saturated carbocycles. The molecule has 0 heterocycles. The smallest absolute Gasteiger partial charge is 0.244 e. The third-order valence-electron chi connectivity index (χ3n) is 3.56. The quantitative estimate of drug-likeness (QED) is 0.822. The Balaban J connectivity index is 2.02. The second kappa shape index (κ2) is 8.15. The lowest BCUT2D eigenvalue weighted by atomic mass is 10.1. The van der Waals surface area contributed by atoms with Gasteiger partial charge in [-0.15, -0.1) is 0 Å². The van der Waals surface area contributed by atoms with Crippen LogP contribution >= 0.6 is 0 Å². The Morgan fingerprint density at radius 2 is 1.75 bits per heavy atom. The van der Waals surface area contributed by atoms with Crippen molar-refractivity contribution in [2.24, 2.45) is 0 Å². The molecule has 126 valence electrons. The Hall–Kier alpha value is -2.82. The van der Waals surface area contributed by atoms with Crippen LogP contribution in [0.1, 0.15) is 24.1 Å². The van der Waals surface area contributed by atoms with Crippen molar-refractivity contribution in [3.63, 3.8) is 0 Å². The van der Waals surface area contributed by atoms with Crippen LogP contribution in [-0.2, 0) is 4.79 Å². The number of hydrogen-bond acceptors (Lipinski definition) is 3. The zero-order chi connectivity index (χ0) is 17.5. The Bertz CT molecular complexity index is 726. The molecule has 0 radical (unpaired) electrons. The molecule has 2 rings (SSSR count).